The van der Waals surface area contributed by atoms with Gasteiger partial charge in [-0.3, -0.25) is 4.79 Å². The number of ether oxygens (including phenoxy) is 1. The number of carbonyl (C=O) groups excluding carboxylic acids is 2. The van der Waals surface area contributed by atoms with Crippen LogP contribution >= 0.6 is 0 Å². The Bertz CT molecular complexity index is 1080. The number of carbonyl (C=O) groups is 2. The van der Waals surface area contributed by atoms with Gasteiger partial charge in [0.1, 0.15) is 5.75 Å². The Kier molecular flexibility index (Phi) is 5.39. The lowest BCUT2D eigenvalue weighted by Crippen LogP contribution is -2.44. The van der Waals surface area contributed by atoms with Crippen molar-refractivity contribution in [2.75, 3.05) is 15.5 Å². The maximum atomic E-state index is 12.9. The summed E-state index contributed by atoms with van der Waals surface area (Å²) in [4.78, 5) is 26.9. The number of urea groups is 1. The fourth-order valence-corrected chi connectivity index (χ4v) is 3.42. The molecule has 30 heavy (non-hydrogen) atoms. The molecule has 1 unspecified atom stereocenters. The molecule has 3 aromatic rings. The van der Waals surface area contributed by atoms with Gasteiger partial charge in [-0.2, -0.15) is 0 Å². The van der Waals surface area contributed by atoms with E-state index in [-0.39, 0.29) is 11.9 Å². The topological polar surface area (TPSA) is 70.7 Å². The van der Waals surface area contributed by atoms with E-state index in [1.807, 2.05) is 61.5 Å². The summed E-state index contributed by atoms with van der Waals surface area (Å²) in [6, 6.07) is 22.1. The molecule has 1 heterocycles. The van der Waals surface area contributed by atoms with Crippen molar-refractivity contribution in [2.24, 2.45) is 0 Å². The Morgan fingerprint density at radius 1 is 0.967 bits per heavy atom. The summed E-state index contributed by atoms with van der Waals surface area (Å²) in [7, 11) is 0. The van der Waals surface area contributed by atoms with Crippen molar-refractivity contribution in [1.82, 2.24) is 0 Å². The predicted octanol–water partition coefficient (Wildman–Crippen LogP) is 4.95. The average molecular weight is 401 g/mol. The van der Waals surface area contributed by atoms with Crippen molar-refractivity contribution in [3.05, 3.63) is 83.9 Å². The minimum absolute atomic E-state index is 0.114. The van der Waals surface area contributed by atoms with Gasteiger partial charge in [0.25, 0.3) is 5.91 Å². The number of nitrogens with one attached hydrogen (secondary N) is 2. The summed E-state index contributed by atoms with van der Waals surface area (Å²) in [5.41, 5.74) is 4.08. The fourth-order valence-electron chi connectivity index (χ4n) is 3.42. The van der Waals surface area contributed by atoms with E-state index in [4.69, 9.17) is 4.74 Å². The number of rotatable bonds is 4. The second-order valence-electron chi connectivity index (χ2n) is 7.24. The molecular weight excluding hydrogens is 378 g/mol. The number of anilines is 3. The number of hydrogen-bond donors (Lipinski definition) is 2. The number of amides is 3. The lowest BCUT2D eigenvalue weighted by atomic mass is 10.1. The lowest BCUT2D eigenvalue weighted by molar-refractivity contribution is -0.125. The molecule has 2 N–H and O–H groups in total. The van der Waals surface area contributed by atoms with Gasteiger partial charge in [0.15, 0.2) is 6.10 Å². The standard InChI is InChI=1S/C24H23N3O3/c1-16-8-6-7-9-18(16)15-27-21-14-20(12-13-22(21)30-17(2)23(27)28)26-24(29)25-19-10-4-3-5-11-19/h3-14,17H,15H2,1-2H3,(H2,25,26,29). The Hall–Kier alpha value is -3.80. The molecule has 1 aliphatic rings. The van der Waals surface area contributed by atoms with Crippen LogP contribution in [0.1, 0.15) is 18.1 Å². The molecule has 3 aromatic carbocycles. The van der Waals surface area contributed by atoms with Gasteiger partial charge in [-0.15, -0.1) is 0 Å². The van der Waals surface area contributed by atoms with Crippen molar-refractivity contribution < 1.29 is 14.3 Å². The molecule has 6 heteroatoms. The molecule has 4 rings (SSSR count). The first-order valence-corrected chi connectivity index (χ1v) is 9.81. The van der Waals surface area contributed by atoms with Crippen molar-refractivity contribution in [3.63, 3.8) is 0 Å². The van der Waals surface area contributed by atoms with E-state index in [0.29, 0.717) is 29.4 Å². The van der Waals surface area contributed by atoms with Crippen LogP contribution in [0.4, 0.5) is 21.9 Å². The van der Waals surface area contributed by atoms with Crippen molar-refractivity contribution in [2.45, 2.75) is 26.5 Å². The first-order chi connectivity index (χ1) is 14.5. The zero-order valence-corrected chi connectivity index (χ0v) is 16.9. The average Bonchev–Trinajstić information content (AvgIpc) is 2.74. The zero-order valence-electron chi connectivity index (χ0n) is 16.9. The van der Waals surface area contributed by atoms with Crippen molar-refractivity contribution in [3.8, 4) is 5.75 Å². The summed E-state index contributed by atoms with van der Waals surface area (Å²) in [6.07, 6.45) is -0.568. The van der Waals surface area contributed by atoms with Crippen LogP contribution in [0.3, 0.4) is 0 Å². The summed E-state index contributed by atoms with van der Waals surface area (Å²) >= 11 is 0. The number of fused-ring (bicyclic) bond motifs is 1. The Morgan fingerprint density at radius 3 is 2.43 bits per heavy atom. The number of para-hydroxylation sites is 1. The van der Waals surface area contributed by atoms with Gasteiger partial charge in [-0.25, -0.2) is 4.79 Å². The van der Waals surface area contributed by atoms with Crippen LogP contribution < -0.4 is 20.3 Å². The summed E-state index contributed by atoms with van der Waals surface area (Å²) < 4.78 is 5.78. The van der Waals surface area contributed by atoms with E-state index in [9.17, 15) is 9.59 Å². The normalized spacial score (nSPS) is 15.2. The van der Waals surface area contributed by atoms with Gasteiger partial charge >= 0.3 is 6.03 Å². The predicted molar refractivity (Wildman–Crippen MR) is 118 cm³/mol. The van der Waals surface area contributed by atoms with Crippen LogP contribution in [0.5, 0.6) is 5.75 Å². The lowest BCUT2D eigenvalue weighted by Gasteiger charge is -2.33. The number of nitrogens with zero attached hydrogens (tertiary/aromatic N) is 1. The Morgan fingerprint density at radius 2 is 1.67 bits per heavy atom. The maximum Gasteiger partial charge on any atom is 0.323 e. The van der Waals surface area contributed by atoms with E-state index in [1.165, 1.54) is 0 Å². The highest BCUT2D eigenvalue weighted by molar-refractivity contribution is 6.03. The maximum absolute atomic E-state index is 12.9. The van der Waals surface area contributed by atoms with Crippen LogP contribution in [0.25, 0.3) is 0 Å². The van der Waals surface area contributed by atoms with Crippen LogP contribution in [0, 0.1) is 6.92 Å². The second-order valence-corrected chi connectivity index (χ2v) is 7.24. The van der Waals surface area contributed by atoms with Gasteiger partial charge in [0.2, 0.25) is 0 Å². The first kappa shape index (κ1) is 19.5. The van der Waals surface area contributed by atoms with Crippen LogP contribution in [0.15, 0.2) is 72.8 Å². The van der Waals surface area contributed by atoms with E-state index in [0.717, 1.165) is 11.1 Å². The third-order valence-electron chi connectivity index (χ3n) is 5.05. The van der Waals surface area contributed by atoms with Crippen LogP contribution in [-0.4, -0.2) is 18.0 Å². The number of benzene rings is 3. The minimum atomic E-state index is -0.568. The Balaban J connectivity index is 1.58. The second kappa shape index (κ2) is 8.29. The zero-order chi connectivity index (χ0) is 21.1. The molecule has 6 nitrogen and oxygen atoms in total. The highest BCUT2D eigenvalue weighted by Crippen LogP contribution is 2.37. The molecule has 0 aliphatic carbocycles. The molecule has 1 aliphatic heterocycles. The Labute approximate surface area is 175 Å². The smallest absolute Gasteiger partial charge is 0.323 e. The third kappa shape index (κ3) is 4.12. The van der Waals surface area contributed by atoms with Crippen LogP contribution in [0.2, 0.25) is 0 Å². The summed E-state index contributed by atoms with van der Waals surface area (Å²) in [5.74, 6) is 0.501. The van der Waals surface area contributed by atoms with E-state index in [2.05, 4.69) is 10.6 Å². The molecular formula is C24H23N3O3. The van der Waals surface area contributed by atoms with Gasteiger partial charge < -0.3 is 20.3 Å². The van der Waals surface area contributed by atoms with E-state index < -0.39 is 6.10 Å². The quantitative estimate of drug-likeness (QED) is 0.650. The van der Waals surface area contributed by atoms with Crippen LogP contribution in [-0.2, 0) is 11.3 Å². The first-order valence-electron chi connectivity index (χ1n) is 9.81. The fraction of sp³-hybridized carbons (Fsp3) is 0.167. The van der Waals surface area contributed by atoms with Gasteiger partial charge in [0.05, 0.1) is 12.2 Å². The van der Waals surface area contributed by atoms with Gasteiger partial charge in [-0.1, -0.05) is 42.5 Å². The molecule has 0 bridgehead atoms. The largest absolute Gasteiger partial charge is 0.479 e. The molecule has 0 radical (unpaired) electrons. The van der Waals surface area contributed by atoms with Gasteiger partial charge in [-0.05, 0) is 55.3 Å². The molecule has 0 saturated heterocycles. The molecule has 0 spiro atoms. The van der Waals surface area contributed by atoms with Crippen molar-refractivity contribution >= 4 is 29.0 Å². The molecule has 0 aromatic heterocycles. The molecule has 0 fully saturated rings. The minimum Gasteiger partial charge on any atom is -0.479 e. The summed E-state index contributed by atoms with van der Waals surface area (Å²) in [5, 5.41) is 5.60. The SMILES string of the molecule is Cc1ccccc1CN1C(=O)C(C)Oc2ccc(NC(=O)Nc3ccccc3)cc21. The van der Waals surface area contributed by atoms with Crippen molar-refractivity contribution in [1.29, 1.82) is 0 Å². The number of hydrogen-bond acceptors (Lipinski definition) is 3. The highest BCUT2D eigenvalue weighted by Gasteiger charge is 2.32. The highest BCUT2D eigenvalue weighted by atomic mass is 16.5. The molecule has 3 amide bonds. The van der Waals surface area contributed by atoms with Gasteiger partial charge in [0, 0.05) is 11.4 Å². The molecule has 1 atom stereocenters. The van der Waals surface area contributed by atoms with E-state index >= 15 is 0 Å². The number of aryl methyl sites for hydroxylation is 1. The van der Waals surface area contributed by atoms with E-state index in [1.54, 1.807) is 30.0 Å². The summed E-state index contributed by atoms with van der Waals surface area (Å²) in [6.45, 7) is 4.21. The molecule has 152 valence electrons. The third-order valence-corrected chi connectivity index (χ3v) is 5.05. The molecule has 0 saturated carbocycles. The monoisotopic (exact) mass is 401 g/mol.